The van der Waals surface area contributed by atoms with Crippen LogP contribution in [0.2, 0.25) is 5.02 Å². The molecule has 21 heavy (non-hydrogen) atoms. The van der Waals surface area contributed by atoms with Gasteiger partial charge < -0.3 is 21.6 Å². The van der Waals surface area contributed by atoms with E-state index in [2.05, 4.69) is 15.8 Å². The van der Waals surface area contributed by atoms with Crippen LogP contribution in [0.5, 0.6) is 0 Å². The van der Waals surface area contributed by atoms with E-state index in [0.717, 1.165) is 18.4 Å². The Morgan fingerprint density at radius 1 is 1.43 bits per heavy atom. The molecule has 0 heterocycles. The summed E-state index contributed by atoms with van der Waals surface area (Å²) in [5.74, 6) is 0.419. The molecule has 1 fully saturated rings. The minimum absolute atomic E-state index is 0.0270. The zero-order valence-electron chi connectivity index (χ0n) is 11.6. The Morgan fingerprint density at radius 2 is 2.19 bits per heavy atom. The first-order valence-corrected chi connectivity index (χ1v) is 7.24. The maximum atomic E-state index is 11.4. The van der Waals surface area contributed by atoms with Gasteiger partial charge in [0.15, 0.2) is 5.84 Å². The molecule has 0 atom stereocenters. The number of amidine groups is 1. The van der Waals surface area contributed by atoms with E-state index >= 15 is 0 Å². The number of nitrogens with one attached hydrogen (secondary N) is 2. The number of hydrogen-bond donors (Lipinski definition) is 4. The summed E-state index contributed by atoms with van der Waals surface area (Å²) in [7, 11) is 0. The van der Waals surface area contributed by atoms with Gasteiger partial charge in [-0.05, 0) is 24.5 Å². The molecule has 0 aliphatic heterocycles. The molecule has 1 aliphatic rings. The molecule has 0 bridgehead atoms. The van der Waals surface area contributed by atoms with Crippen molar-refractivity contribution >= 4 is 23.3 Å². The number of carbonyl (C=O) groups is 1. The SMILES string of the molecule is N/C(=N/O)c1ccc(CNCCNC(=O)C2CC2)c(Cl)c1. The highest BCUT2D eigenvalue weighted by Gasteiger charge is 2.28. The molecule has 1 amide bonds. The van der Waals surface area contributed by atoms with Gasteiger partial charge in [0, 0.05) is 36.1 Å². The smallest absolute Gasteiger partial charge is 0.223 e. The molecular weight excluding hydrogens is 292 g/mol. The molecule has 0 aromatic heterocycles. The van der Waals surface area contributed by atoms with Crippen molar-refractivity contribution in [3.63, 3.8) is 0 Å². The van der Waals surface area contributed by atoms with Gasteiger partial charge in [0.25, 0.3) is 0 Å². The molecule has 7 heteroatoms. The summed E-state index contributed by atoms with van der Waals surface area (Å²) in [6, 6.07) is 5.22. The zero-order chi connectivity index (χ0) is 15.2. The van der Waals surface area contributed by atoms with E-state index in [1.165, 1.54) is 0 Å². The number of nitrogens with zero attached hydrogens (tertiary/aromatic N) is 1. The summed E-state index contributed by atoms with van der Waals surface area (Å²) < 4.78 is 0. The van der Waals surface area contributed by atoms with Crippen LogP contribution in [0.15, 0.2) is 23.4 Å². The predicted molar refractivity (Wildman–Crippen MR) is 81.4 cm³/mol. The number of oxime groups is 1. The highest BCUT2D eigenvalue weighted by molar-refractivity contribution is 6.31. The second-order valence-electron chi connectivity index (χ2n) is 5.03. The maximum Gasteiger partial charge on any atom is 0.223 e. The Morgan fingerprint density at radius 3 is 2.81 bits per heavy atom. The Balaban J connectivity index is 1.74. The monoisotopic (exact) mass is 310 g/mol. The lowest BCUT2D eigenvalue weighted by atomic mass is 10.1. The van der Waals surface area contributed by atoms with Crippen LogP contribution in [0.25, 0.3) is 0 Å². The van der Waals surface area contributed by atoms with Crippen LogP contribution >= 0.6 is 11.6 Å². The molecule has 5 N–H and O–H groups in total. The maximum absolute atomic E-state index is 11.4. The highest BCUT2D eigenvalue weighted by atomic mass is 35.5. The van der Waals surface area contributed by atoms with Gasteiger partial charge in [0.05, 0.1) is 0 Å². The zero-order valence-corrected chi connectivity index (χ0v) is 12.4. The summed E-state index contributed by atoms with van der Waals surface area (Å²) >= 11 is 6.14. The molecule has 6 nitrogen and oxygen atoms in total. The Bertz CT molecular complexity index is 544. The molecule has 114 valence electrons. The summed E-state index contributed by atoms with van der Waals surface area (Å²) in [6.07, 6.45) is 2.03. The van der Waals surface area contributed by atoms with Crippen molar-refractivity contribution in [2.45, 2.75) is 19.4 Å². The molecule has 1 saturated carbocycles. The van der Waals surface area contributed by atoms with Gasteiger partial charge in [0.1, 0.15) is 0 Å². The third kappa shape index (κ3) is 4.61. The van der Waals surface area contributed by atoms with Crippen molar-refractivity contribution in [1.29, 1.82) is 0 Å². The average Bonchev–Trinajstić information content (AvgIpc) is 3.32. The number of nitrogens with two attached hydrogens (primary N) is 1. The summed E-state index contributed by atoms with van der Waals surface area (Å²) in [6.45, 7) is 1.88. The van der Waals surface area contributed by atoms with Crippen molar-refractivity contribution in [1.82, 2.24) is 10.6 Å². The fraction of sp³-hybridized carbons (Fsp3) is 0.429. The van der Waals surface area contributed by atoms with Crippen LogP contribution in [0.4, 0.5) is 0 Å². The van der Waals surface area contributed by atoms with E-state index in [-0.39, 0.29) is 17.7 Å². The summed E-state index contributed by atoms with van der Waals surface area (Å²) in [5.41, 5.74) is 6.98. The van der Waals surface area contributed by atoms with Crippen LogP contribution in [0, 0.1) is 5.92 Å². The minimum Gasteiger partial charge on any atom is -0.409 e. The van der Waals surface area contributed by atoms with Crippen molar-refractivity contribution in [3.05, 3.63) is 34.3 Å². The van der Waals surface area contributed by atoms with E-state index in [4.69, 9.17) is 22.5 Å². The molecule has 2 rings (SSSR count). The van der Waals surface area contributed by atoms with Gasteiger partial charge in [-0.1, -0.05) is 28.9 Å². The summed E-state index contributed by atoms with van der Waals surface area (Å²) in [5, 5.41) is 18.2. The molecule has 1 aliphatic carbocycles. The summed E-state index contributed by atoms with van der Waals surface area (Å²) in [4.78, 5) is 11.4. The van der Waals surface area contributed by atoms with Gasteiger partial charge in [0.2, 0.25) is 5.91 Å². The van der Waals surface area contributed by atoms with Crippen molar-refractivity contribution in [2.24, 2.45) is 16.8 Å². The Kier molecular flexibility index (Phi) is 5.41. The number of carbonyl (C=O) groups excluding carboxylic acids is 1. The number of hydrogen-bond acceptors (Lipinski definition) is 4. The number of amides is 1. The van der Waals surface area contributed by atoms with Crippen LogP contribution in [0.3, 0.4) is 0 Å². The van der Waals surface area contributed by atoms with E-state index in [1.807, 2.05) is 6.07 Å². The fourth-order valence-electron chi connectivity index (χ4n) is 1.89. The van der Waals surface area contributed by atoms with E-state index < -0.39 is 0 Å². The molecule has 0 spiro atoms. The van der Waals surface area contributed by atoms with Gasteiger partial charge in [-0.2, -0.15) is 0 Å². The number of rotatable bonds is 7. The van der Waals surface area contributed by atoms with E-state index in [1.54, 1.807) is 12.1 Å². The topological polar surface area (TPSA) is 99.7 Å². The van der Waals surface area contributed by atoms with Gasteiger partial charge in [-0.15, -0.1) is 0 Å². The third-order valence-electron chi connectivity index (χ3n) is 3.32. The normalized spacial score (nSPS) is 15.0. The number of halogens is 1. The van der Waals surface area contributed by atoms with Gasteiger partial charge in [-0.3, -0.25) is 4.79 Å². The Hall–Kier alpha value is -1.79. The van der Waals surface area contributed by atoms with Crippen molar-refractivity contribution in [2.75, 3.05) is 13.1 Å². The lowest BCUT2D eigenvalue weighted by molar-refractivity contribution is -0.122. The average molecular weight is 311 g/mol. The van der Waals surface area contributed by atoms with Gasteiger partial charge >= 0.3 is 0 Å². The van der Waals surface area contributed by atoms with Crippen molar-refractivity contribution < 1.29 is 10.0 Å². The second-order valence-corrected chi connectivity index (χ2v) is 5.44. The molecule has 0 saturated heterocycles. The first kappa shape index (κ1) is 15.6. The lowest BCUT2D eigenvalue weighted by Crippen LogP contribution is -2.32. The standard InChI is InChI=1S/C14H19ClN4O2/c15-12-7-10(13(16)19-21)3-4-11(12)8-17-5-6-18-14(20)9-1-2-9/h3-4,7,9,17,21H,1-2,5-6,8H2,(H2,16,19)(H,18,20). The molecule has 1 aromatic carbocycles. The largest absolute Gasteiger partial charge is 0.409 e. The van der Waals surface area contributed by atoms with Crippen LogP contribution in [0.1, 0.15) is 24.0 Å². The minimum atomic E-state index is 0.0270. The first-order valence-electron chi connectivity index (χ1n) is 6.86. The van der Waals surface area contributed by atoms with Crippen molar-refractivity contribution in [3.8, 4) is 0 Å². The first-order chi connectivity index (χ1) is 10.1. The molecular formula is C14H19ClN4O2. The van der Waals surface area contributed by atoms with Crippen LogP contribution in [-0.2, 0) is 11.3 Å². The molecule has 1 aromatic rings. The van der Waals surface area contributed by atoms with Crippen LogP contribution < -0.4 is 16.4 Å². The van der Waals surface area contributed by atoms with E-state index in [9.17, 15) is 4.79 Å². The predicted octanol–water partition coefficient (Wildman–Crippen LogP) is 1.05. The second kappa shape index (κ2) is 7.28. The third-order valence-corrected chi connectivity index (χ3v) is 3.67. The van der Waals surface area contributed by atoms with Crippen LogP contribution in [-0.4, -0.2) is 30.0 Å². The highest BCUT2D eigenvalue weighted by Crippen LogP contribution is 2.28. The Labute approximate surface area is 128 Å². The number of benzene rings is 1. The quantitative estimate of drug-likeness (QED) is 0.199. The van der Waals surface area contributed by atoms with E-state index in [0.29, 0.717) is 30.2 Å². The fourth-order valence-corrected chi connectivity index (χ4v) is 2.14. The van der Waals surface area contributed by atoms with Gasteiger partial charge in [-0.25, -0.2) is 0 Å². The molecule has 0 radical (unpaired) electrons. The molecule has 0 unspecified atom stereocenters. The lowest BCUT2D eigenvalue weighted by Gasteiger charge is -2.09.